The Balaban J connectivity index is 2.71. The van der Waals surface area contributed by atoms with Gasteiger partial charge in [0.1, 0.15) is 5.82 Å². The first-order valence-corrected chi connectivity index (χ1v) is 4.59. The minimum atomic E-state index is -0.395. The Hall–Kier alpha value is -1.30. The summed E-state index contributed by atoms with van der Waals surface area (Å²) in [4.78, 5) is 18.5. The van der Waals surface area contributed by atoms with E-state index in [2.05, 4.69) is 9.97 Å². The number of hydrogen-bond acceptors (Lipinski definition) is 5. The molecule has 1 rings (SSSR count). The first kappa shape index (κ1) is 9.79. The van der Waals surface area contributed by atoms with Crippen molar-refractivity contribution < 1.29 is 4.79 Å². The van der Waals surface area contributed by atoms with Crippen LogP contribution in [0.4, 0.5) is 5.82 Å². The summed E-state index contributed by atoms with van der Waals surface area (Å²) >= 11 is 1.18. The standard InChI is InChI=1S/C7H10N4OS/c1-4-2-5(8)11-7(10-4)13-3-6(9)12/h2H,3H2,1H3,(H2,9,12)(H2,8,10,11). The molecule has 0 bridgehead atoms. The van der Waals surface area contributed by atoms with Gasteiger partial charge >= 0.3 is 0 Å². The van der Waals surface area contributed by atoms with E-state index in [0.717, 1.165) is 5.69 Å². The van der Waals surface area contributed by atoms with E-state index in [-0.39, 0.29) is 5.75 Å². The molecule has 1 amide bonds. The minimum absolute atomic E-state index is 0.170. The van der Waals surface area contributed by atoms with Gasteiger partial charge < -0.3 is 11.5 Å². The van der Waals surface area contributed by atoms with Gasteiger partial charge in [-0.1, -0.05) is 11.8 Å². The van der Waals surface area contributed by atoms with Crippen LogP contribution in [0.3, 0.4) is 0 Å². The molecule has 70 valence electrons. The number of primary amides is 1. The Bertz CT molecular complexity index is 308. The Morgan fingerprint density at radius 2 is 2.31 bits per heavy atom. The fourth-order valence-electron chi connectivity index (χ4n) is 0.765. The quantitative estimate of drug-likeness (QED) is 0.524. The van der Waals surface area contributed by atoms with Crippen LogP contribution in [0, 0.1) is 6.92 Å². The number of thioether (sulfide) groups is 1. The number of amides is 1. The maximum absolute atomic E-state index is 10.5. The Kier molecular flexibility index (Phi) is 3.07. The van der Waals surface area contributed by atoms with Gasteiger partial charge in [0.15, 0.2) is 5.16 Å². The van der Waals surface area contributed by atoms with Crippen LogP contribution >= 0.6 is 11.8 Å². The zero-order valence-corrected chi connectivity index (χ0v) is 7.97. The van der Waals surface area contributed by atoms with Crippen LogP contribution in [0.15, 0.2) is 11.2 Å². The van der Waals surface area contributed by atoms with E-state index in [9.17, 15) is 4.79 Å². The third-order valence-electron chi connectivity index (χ3n) is 1.20. The summed E-state index contributed by atoms with van der Waals surface area (Å²) in [7, 11) is 0. The molecule has 0 atom stereocenters. The molecule has 0 saturated carbocycles. The number of rotatable bonds is 3. The van der Waals surface area contributed by atoms with E-state index < -0.39 is 5.91 Å². The van der Waals surface area contributed by atoms with Crippen LogP contribution in [0.2, 0.25) is 0 Å². The third kappa shape index (κ3) is 3.29. The van der Waals surface area contributed by atoms with Crippen LogP contribution in [-0.2, 0) is 4.79 Å². The van der Waals surface area contributed by atoms with Gasteiger partial charge in [0.25, 0.3) is 0 Å². The van der Waals surface area contributed by atoms with E-state index >= 15 is 0 Å². The maximum atomic E-state index is 10.5. The molecule has 0 fully saturated rings. The number of nitrogens with zero attached hydrogens (tertiary/aromatic N) is 2. The van der Waals surface area contributed by atoms with Gasteiger partial charge in [-0.15, -0.1) is 0 Å². The predicted octanol–water partition coefficient (Wildman–Crippen LogP) is -0.0554. The molecule has 0 aliphatic carbocycles. The zero-order valence-electron chi connectivity index (χ0n) is 7.15. The monoisotopic (exact) mass is 198 g/mol. The topological polar surface area (TPSA) is 94.9 Å². The lowest BCUT2D eigenvalue weighted by Gasteiger charge is -2.00. The van der Waals surface area contributed by atoms with E-state index in [1.54, 1.807) is 6.07 Å². The average Bonchev–Trinajstić information content (AvgIpc) is 1.99. The lowest BCUT2D eigenvalue weighted by Crippen LogP contribution is -2.13. The highest BCUT2D eigenvalue weighted by Crippen LogP contribution is 2.13. The number of aromatic nitrogens is 2. The van der Waals surface area contributed by atoms with Crippen molar-refractivity contribution in [3.05, 3.63) is 11.8 Å². The van der Waals surface area contributed by atoms with E-state index in [1.165, 1.54) is 11.8 Å². The first-order valence-electron chi connectivity index (χ1n) is 3.60. The fourth-order valence-corrected chi connectivity index (χ4v) is 1.41. The Labute approximate surface area is 79.9 Å². The second-order valence-corrected chi connectivity index (χ2v) is 3.41. The molecule has 6 heteroatoms. The smallest absolute Gasteiger partial charge is 0.227 e. The lowest BCUT2D eigenvalue weighted by molar-refractivity contribution is -0.115. The van der Waals surface area contributed by atoms with Crippen molar-refractivity contribution in [1.29, 1.82) is 0 Å². The summed E-state index contributed by atoms with van der Waals surface area (Å²) < 4.78 is 0. The summed E-state index contributed by atoms with van der Waals surface area (Å²) in [6.07, 6.45) is 0. The van der Waals surface area contributed by atoms with Crippen LogP contribution in [0.25, 0.3) is 0 Å². The van der Waals surface area contributed by atoms with Gasteiger partial charge in [0, 0.05) is 11.8 Å². The van der Waals surface area contributed by atoms with Crippen LogP contribution in [-0.4, -0.2) is 21.6 Å². The molecule has 0 radical (unpaired) electrons. The van der Waals surface area contributed by atoms with Gasteiger partial charge in [-0.25, -0.2) is 9.97 Å². The van der Waals surface area contributed by atoms with Crippen molar-refractivity contribution in [1.82, 2.24) is 9.97 Å². The molecule has 1 aromatic heterocycles. The second-order valence-electron chi connectivity index (χ2n) is 2.47. The highest BCUT2D eigenvalue weighted by molar-refractivity contribution is 7.99. The summed E-state index contributed by atoms with van der Waals surface area (Å²) in [5, 5.41) is 0.483. The van der Waals surface area contributed by atoms with Crippen molar-refractivity contribution in [2.75, 3.05) is 11.5 Å². The SMILES string of the molecule is Cc1cc(N)nc(SCC(N)=O)n1. The lowest BCUT2D eigenvalue weighted by atomic mass is 10.4. The zero-order chi connectivity index (χ0) is 9.84. The number of aryl methyl sites for hydroxylation is 1. The van der Waals surface area contributed by atoms with Gasteiger partial charge in [-0.3, -0.25) is 4.79 Å². The van der Waals surface area contributed by atoms with Crippen LogP contribution in [0.1, 0.15) is 5.69 Å². The molecule has 1 heterocycles. The maximum Gasteiger partial charge on any atom is 0.227 e. The van der Waals surface area contributed by atoms with Crippen LogP contribution in [0.5, 0.6) is 0 Å². The normalized spacial score (nSPS) is 9.92. The second kappa shape index (κ2) is 4.08. The minimum Gasteiger partial charge on any atom is -0.384 e. The number of nitrogens with two attached hydrogens (primary N) is 2. The Morgan fingerprint density at radius 3 is 2.85 bits per heavy atom. The van der Waals surface area contributed by atoms with Crippen molar-refractivity contribution in [3.8, 4) is 0 Å². The molecule has 13 heavy (non-hydrogen) atoms. The predicted molar refractivity (Wildman–Crippen MR) is 51.1 cm³/mol. The van der Waals surface area contributed by atoms with E-state index in [4.69, 9.17) is 11.5 Å². The molecule has 0 aliphatic rings. The number of hydrogen-bond donors (Lipinski definition) is 2. The molecule has 0 unspecified atom stereocenters. The molecular formula is C7H10N4OS. The molecule has 0 spiro atoms. The number of anilines is 1. The first-order chi connectivity index (χ1) is 6.08. The largest absolute Gasteiger partial charge is 0.384 e. The number of carbonyl (C=O) groups is 1. The number of nitrogen functional groups attached to an aromatic ring is 1. The van der Waals surface area contributed by atoms with Gasteiger partial charge in [-0.05, 0) is 6.92 Å². The molecule has 0 aliphatic heterocycles. The fraction of sp³-hybridized carbons (Fsp3) is 0.286. The highest BCUT2D eigenvalue weighted by Gasteiger charge is 2.02. The molecule has 0 aromatic carbocycles. The average molecular weight is 198 g/mol. The van der Waals surface area contributed by atoms with Gasteiger partial charge in [0.2, 0.25) is 5.91 Å². The molecule has 0 saturated heterocycles. The summed E-state index contributed by atoms with van der Waals surface area (Å²) in [5.74, 6) is 0.177. The van der Waals surface area contributed by atoms with Crippen molar-refractivity contribution >= 4 is 23.5 Å². The van der Waals surface area contributed by atoms with Gasteiger partial charge in [0.05, 0.1) is 5.75 Å². The Morgan fingerprint density at radius 1 is 1.62 bits per heavy atom. The van der Waals surface area contributed by atoms with Crippen molar-refractivity contribution in [3.63, 3.8) is 0 Å². The van der Waals surface area contributed by atoms with Gasteiger partial charge in [-0.2, -0.15) is 0 Å². The summed E-state index contributed by atoms with van der Waals surface area (Å²) in [6, 6.07) is 1.66. The molecule has 1 aromatic rings. The van der Waals surface area contributed by atoms with Crippen LogP contribution < -0.4 is 11.5 Å². The highest BCUT2D eigenvalue weighted by atomic mass is 32.2. The molecular weight excluding hydrogens is 188 g/mol. The number of carbonyl (C=O) groups excluding carboxylic acids is 1. The van der Waals surface area contributed by atoms with E-state index in [1.807, 2.05) is 6.92 Å². The van der Waals surface area contributed by atoms with Crippen molar-refractivity contribution in [2.45, 2.75) is 12.1 Å². The molecule has 4 N–H and O–H groups in total. The molecule has 5 nitrogen and oxygen atoms in total. The summed E-state index contributed by atoms with van der Waals surface area (Å²) in [5.41, 5.74) is 11.2. The van der Waals surface area contributed by atoms with Crippen molar-refractivity contribution in [2.24, 2.45) is 5.73 Å². The third-order valence-corrected chi connectivity index (χ3v) is 2.07. The summed E-state index contributed by atoms with van der Waals surface area (Å²) in [6.45, 7) is 1.81. The van der Waals surface area contributed by atoms with E-state index in [0.29, 0.717) is 11.0 Å².